The van der Waals surface area contributed by atoms with E-state index < -0.39 is 57.8 Å². The minimum Gasteiger partial charge on any atom is -0.462 e. The number of rotatable bonds is 57. The number of hydrogen-bond acceptors (Lipinski definition) is 10. The number of hydrogen-bond donors (Lipinski definition) is 2. The Kier molecular flexibility index (Phi) is 53.6. The van der Waals surface area contributed by atoms with E-state index in [1.807, 2.05) is 0 Å². The third kappa shape index (κ3) is 52.8. The molecule has 12 heteroatoms. The highest BCUT2D eigenvalue weighted by Crippen LogP contribution is 2.43. The standard InChI is InChI=1S/C60H113O11P/c1-4-7-10-13-16-19-22-25-27-28-30-33-36-39-42-45-48-51-60(64)71-57(53-67-58(62)49-46-43-40-37-34-32-29-26-23-20-17-14-11-8-5-2)55-69-72(65,66)68-54-56(52-61)70-59(63)50-47-44-41-38-35-31-24-21-18-15-12-9-6-3/h25-27,29,56-57,61H,4-24,28,30-55H2,1-3H3,(H,65,66)/b27-25-,29-26-. The van der Waals surface area contributed by atoms with E-state index in [0.29, 0.717) is 19.3 Å². The molecule has 3 atom stereocenters. The second-order valence-electron chi connectivity index (χ2n) is 20.5. The fourth-order valence-electron chi connectivity index (χ4n) is 8.70. The van der Waals surface area contributed by atoms with Crippen LogP contribution in [0.5, 0.6) is 0 Å². The number of unbranched alkanes of at least 4 members (excludes halogenated alkanes) is 36. The SMILES string of the molecule is CCCCCCCC/C=C\CCCCCCCCCC(=O)OC(COC(=O)CCCCCCC/C=C\CCCCCCCC)COP(=O)(O)OCC(CO)OC(=O)CCCCCCCCCCCCCCC. The van der Waals surface area contributed by atoms with E-state index >= 15 is 0 Å². The number of esters is 3. The molecule has 0 saturated carbocycles. The van der Waals surface area contributed by atoms with Gasteiger partial charge in [-0.25, -0.2) is 4.57 Å². The number of allylic oxidation sites excluding steroid dienone is 4. The maximum atomic E-state index is 12.9. The Morgan fingerprint density at radius 3 is 0.958 bits per heavy atom. The molecular formula is C60H113O11P. The molecule has 2 N–H and O–H groups in total. The van der Waals surface area contributed by atoms with Crippen LogP contribution in [-0.2, 0) is 42.2 Å². The van der Waals surface area contributed by atoms with Crippen LogP contribution in [0.1, 0.15) is 303 Å². The van der Waals surface area contributed by atoms with Crippen LogP contribution in [0.2, 0.25) is 0 Å². The normalized spacial score (nSPS) is 13.5. The van der Waals surface area contributed by atoms with Crippen LogP contribution < -0.4 is 0 Å². The van der Waals surface area contributed by atoms with Crippen molar-refractivity contribution in [3.05, 3.63) is 24.3 Å². The van der Waals surface area contributed by atoms with Crippen LogP contribution in [0.15, 0.2) is 24.3 Å². The highest BCUT2D eigenvalue weighted by atomic mass is 31.2. The van der Waals surface area contributed by atoms with Crippen LogP contribution >= 0.6 is 7.82 Å². The van der Waals surface area contributed by atoms with Gasteiger partial charge < -0.3 is 24.2 Å². The summed E-state index contributed by atoms with van der Waals surface area (Å²) in [4.78, 5) is 48.6. The summed E-state index contributed by atoms with van der Waals surface area (Å²) in [6, 6.07) is 0. The van der Waals surface area contributed by atoms with Crippen LogP contribution in [0.3, 0.4) is 0 Å². The number of phosphoric acid groups is 1. The van der Waals surface area contributed by atoms with Gasteiger partial charge in [-0.15, -0.1) is 0 Å². The molecule has 0 fully saturated rings. The van der Waals surface area contributed by atoms with E-state index in [-0.39, 0.29) is 25.9 Å². The van der Waals surface area contributed by atoms with Gasteiger partial charge >= 0.3 is 25.7 Å². The predicted molar refractivity (Wildman–Crippen MR) is 298 cm³/mol. The lowest BCUT2D eigenvalue weighted by atomic mass is 10.0. The average molecular weight is 1040 g/mol. The summed E-state index contributed by atoms with van der Waals surface area (Å²) in [5.41, 5.74) is 0. The van der Waals surface area contributed by atoms with Gasteiger partial charge in [0, 0.05) is 19.3 Å². The molecule has 72 heavy (non-hydrogen) atoms. The number of carbonyl (C=O) groups excluding carboxylic acids is 3. The van der Waals surface area contributed by atoms with Gasteiger partial charge in [0.15, 0.2) is 6.10 Å². The predicted octanol–water partition coefficient (Wildman–Crippen LogP) is 17.8. The van der Waals surface area contributed by atoms with Gasteiger partial charge in [-0.05, 0) is 70.6 Å². The number of phosphoric ester groups is 1. The number of aliphatic hydroxyl groups excluding tert-OH is 1. The Balaban J connectivity index is 4.70. The minimum atomic E-state index is -4.74. The first-order chi connectivity index (χ1) is 35.2. The van der Waals surface area contributed by atoms with E-state index in [1.165, 1.54) is 161 Å². The minimum absolute atomic E-state index is 0.166. The lowest BCUT2D eigenvalue weighted by molar-refractivity contribution is -0.161. The van der Waals surface area contributed by atoms with Gasteiger partial charge in [0.05, 0.1) is 19.8 Å². The van der Waals surface area contributed by atoms with Crippen LogP contribution in [0.25, 0.3) is 0 Å². The highest BCUT2D eigenvalue weighted by molar-refractivity contribution is 7.47. The summed E-state index contributed by atoms with van der Waals surface area (Å²) in [6.07, 6.45) is 55.5. The summed E-state index contributed by atoms with van der Waals surface area (Å²) in [6.45, 7) is 4.67. The first-order valence-electron chi connectivity index (χ1n) is 30.2. The molecule has 424 valence electrons. The molecule has 0 aromatic heterocycles. The summed E-state index contributed by atoms with van der Waals surface area (Å²) in [5, 5.41) is 9.81. The van der Waals surface area contributed by atoms with Crippen molar-refractivity contribution in [2.75, 3.05) is 26.4 Å². The molecule has 11 nitrogen and oxygen atoms in total. The van der Waals surface area contributed by atoms with E-state index in [4.69, 9.17) is 23.3 Å². The van der Waals surface area contributed by atoms with Gasteiger partial charge in [0.25, 0.3) is 0 Å². The van der Waals surface area contributed by atoms with Crippen molar-refractivity contribution in [3.8, 4) is 0 Å². The van der Waals surface area contributed by atoms with Gasteiger partial charge in [0.2, 0.25) is 0 Å². The lowest BCUT2D eigenvalue weighted by Gasteiger charge is -2.21. The van der Waals surface area contributed by atoms with Crippen LogP contribution in [0, 0.1) is 0 Å². The fraction of sp³-hybridized carbons (Fsp3) is 0.883. The maximum Gasteiger partial charge on any atom is 0.472 e. The van der Waals surface area contributed by atoms with E-state index in [2.05, 4.69) is 45.1 Å². The van der Waals surface area contributed by atoms with Crippen molar-refractivity contribution in [2.45, 2.75) is 315 Å². The van der Waals surface area contributed by atoms with Gasteiger partial charge in [-0.3, -0.25) is 23.4 Å². The third-order valence-electron chi connectivity index (χ3n) is 13.3. The molecule has 0 aliphatic rings. The summed E-state index contributed by atoms with van der Waals surface area (Å²) in [7, 11) is -4.74. The molecule has 0 rings (SSSR count). The first-order valence-corrected chi connectivity index (χ1v) is 31.7. The average Bonchev–Trinajstić information content (AvgIpc) is 3.37. The zero-order chi connectivity index (χ0) is 52.7. The van der Waals surface area contributed by atoms with Crippen molar-refractivity contribution in [1.82, 2.24) is 0 Å². The molecule has 0 spiro atoms. The van der Waals surface area contributed by atoms with Crippen LogP contribution in [-0.4, -0.2) is 66.5 Å². The number of ether oxygens (including phenoxy) is 3. The fourth-order valence-corrected chi connectivity index (χ4v) is 9.48. The highest BCUT2D eigenvalue weighted by Gasteiger charge is 2.28. The molecule has 0 bridgehead atoms. The first kappa shape index (κ1) is 70.0. The zero-order valence-corrected chi connectivity index (χ0v) is 47.8. The van der Waals surface area contributed by atoms with E-state index in [1.54, 1.807) is 0 Å². The smallest absolute Gasteiger partial charge is 0.462 e. The van der Waals surface area contributed by atoms with E-state index in [0.717, 1.165) is 83.5 Å². The second kappa shape index (κ2) is 55.2. The van der Waals surface area contributed by atoms with Crippen LogP contribution in [0.4, 0.5) is 0 Å². The molecule has 0 saturated heterocycles. The summed E-state index contributed by atoms with van der Waals surface area (Å²) in [5.74, 6) is -1.45. The number of carbonyl (C=O) groups is 3. The van der Waals surface area contributed by atoms with Gasteiger partial charge in [0.1, 0.15) is 12.7 Å². The summed E-state index contributed by atoms with van der Waals surface area (Å²) < 4.78 is 39.6. The topological polar surface area (TPSA) is 155 Å². The largest absolute Gasteiger partial charge is 0.472 e. The second-order valence-corrected chi connectivity index (χ2v) is 22.0. The van der Waals surface area contributed by atoms with Crippen molar-refractivity contribution < 1.29 is 52.2 Å². The Morgan fingerprint density at radius 1 is 0.375 bits per heavy atom. The monoisotopic (exact) mass is 1040 g/mol. The molecule has 0 radical (unpaired) electrons. The third-order valence-corrected chi connectivity index (χ3v) is 14.3. The Bertz CT molecular complexity index is 1310. The molecule has 0 aromatic carbocycles. The summed E-state index contributed by atoms with van der Waals surface area (Å²) >= 11 is 0. The van der Waals surface area contributed by atoms with Crippen molar-refractivity contribution in [2.24, 2.45) is 0 Å². The van der Waals surface area contributed by atoms with Gasteiger partial charge in [-0.1, -0.05) is 238 Å². The maximum absolute atomic E-state index is 12.9. The number of aliphatic hydroxyl groups is 1. The molecular weight excluding hydrogens is 928 g/mol. The molecule has 0 aliphatic heterocycles. The quantitative estimate of drug-likeness (QED) is 0.0197. The Hall–Kier alpha value is -2.04. The molecule has 0 aliphatic carbocycles. The van der Waals surface area contributed by atoms with Crippen molar-refractivity contribution in [3.63, 3.8) is 0 Å². The molecule has 3 unspecified atom stereocenters. The van der Waals surface area contributed by atoms with E-state index in [9.17, 15) is 28.9 Å². The Morgan fingerprint density at radius 2 is 0.639 bits per heavy atom. The van der Waals surface area contributed by atoms with Crippen molar-refractivity contribution >= 4 is 25.7 Å². The zero-order valence-electron chi connectivity index (χ0n) is 46.9. The van der Waals surface area contributed by atoms with Gasteiger partial charge in [-0.2, -0.15) is 0 Å². The molecule has 0 amide bonds. The lowest BCUT2D eigenvalue weighted by Crippen LogP contribution is -2.30. The Labute approximate surface area is 442 Å². The molecule has 0 heterocycles. The molecule has 0 aromatic rings. The van der Waals surface area contributed by atoms with Crippen molar-refractivity contribution in [1.29, 1.82) is 0 Å².